The van der Waals surface area contributed by atoms with Gasteiger partial charge in [0.25, 0.3) is 6.71 Å². The fraction of sp³-hybridized carbons (Fsp3) is 0.333. The maximum atomic E-state index is 9.21. The molecule has 0 aromatic heterocycles. The normalized spacial score (nSPS) is 15.6. The van der Waals surface area contributed by atoms with Crippen molar-refractivity contribution in [1.82, 2.24) is 0 Å². The molecule has 29 heavy (non-hydrogen) atoms. The molecule has 0 spiro atoms. The van der Waals surface area contributed by atoms with Crippen molar-refractivity contribution in [3.63, 3.8) is 0 Å². The molecule has 1 heterocycles. The van der Waals surface area contributed by atoms with Crippen LogP contribution in [0.1, 0.15) is 37.3 Å². The second-order valence-corrected chi connectivity index (χ2v) is 10.0. The summed E-state index contributed by atoms with van der Waals surface area (Å²) in [7, 11) is -0.189. The smallest absolute Gasteiger partial charge is 0.267 e. The predicted molar refractivity (Wildman–Crippen MR) is 132 cm³/mol. The highest BCUT2D eigenvalue weighted by atomic mass is 35.5. The first-order valence-corrected chi connectivity index (χ1v) is 12.0. The van der Waals surface area contributed by atoms with Crippen LogP contribution < -0.4 is 4.31 Å². The Bertz CT molecular complexity index is 911. The van der Waals surface area contributed by atoms with Crippen LogP contribution in [0.3, 0.4) is 0 Å². The monoisotopic (exact) mass is 422 g/mol. The van der Waals surface area contributed by atoms with Crippen LogP contribution in [0.15, 0.2) is 55.1 Å². The van der Waals surface area contributed by atoms with E-state index in [1.807, 2.05) is 18.2 Å². The molecule has 1 aliphatic heterocycles. The molecule has 0 aliphatic carbocycles. The van der Waals surface area contributed by atoms with Crippen molar-refractivity contribution in [3.05, 3.63) is 71.3 Å². The van der Waals surface area contributed by atoms with Crippen LogP contribution in [0.5, 0.6) is 0 Å². The zero-order valence-corrected chi connectivity index (χ0v) is 18.7. The van der Waals surface area contributed by atoms with Crippen LogP contribution in [-0.2, 0) is 6.54 Å². The molecule has 2 aromatic carbocycles. The van der Waals surface area contributed by atoms with Crippen LogP contribution in [0.25, 0.3) is 5.57 Å². The van der Waals surface area contributed by atoms with Gasteiger partial charge in [0, 0.05) is 21.9 Å². The Kier molecular flexibility index (Phi) is 7.64. The van der Waals surface area contributed by atoms with E-state index in [1.54, 1.807) is 0 Å². The standard InChI is InChI=1S/C24H28BClN2S/c1-4-19(2)21-10-8-20(9-11-21)17-28(23-7-5-6-22(26)16-23)29(3)24-12-14-25(18-27)15-13-24/h5-11,16,24H,2-4,12-15,17H2,1H3. The molecule has 0 saturated carbocycles. The third-order valence-electron chi connectivity index (χ3n) is 5.74. The average molecular weight is 423 g/mol. The second-order valence-electron chi connectivity index (χ2n) is 7.67. The van der Waals surface area contributed by atoms with Crippen molar-refractivity contribution in [2.75, 3.05) is 4.31 Å². The maximum absolute atomic E-state index is 9.21. The quantitative estimate of drug-likeness (QED) is 0.351. The Morgan fingerprint density at radius 2 is 1.93 bits per heavy atom. The number of rotatable bonds is 7. The number of allylic oxidation sites excluding steroid dienone is 1. The summed E-state index contributed by atoms with van der Waals surface area (Å²) in [5.74, 6) is 7.02. The lowest BCUT2D eigenvalue weighted by Crippen LogP contribution is -2.28. The average Bonchev–Trinajstić information content (AvgIpc) is 2.77. The summed E-state index contributed by atoms with van der Waals surface area (Å²) in [6.07, 6.45) is 5.06. The molecule has 150 valence electrons. The van der Waals surface area contributed by atoms with E-state index in [-0.39, 0.29) is 17.4 Å². The lowest BCUT2D eigenvalue weighted by atomic mass is 9.43. The maximum Gasteiger partial charge on any atom is 0.267 e. The molecule has 3 rings (SSSR count). The van der Waals surface area contributed by atoms with Crippen LogP contribution >= 0.6 is 22.3 Å². The molecule has 0 radical (unpaired) electrons. The number of hydrogen-bond acceptors (Lipinski definition) is 2. The Morgan fingerprint density at radius 1 is 1.24 bits per heavy atom. The zero-order chi connectivity index (χ0) is 20.8. The van der Waals surface area contributed by atoms with Crippen LogP contribution in [-0.4, -0.2) is 17.8 Å². The Balaban J connectivity index is 1.83. The molecular weight excluding hydrogens is 395 g/mol. The summed E-state index contributed by atoms with van der Waals surface area (Å²) in [5.41, 5.74) is 4.73. The highest BCUT2D eigenvalue weighted by Gasteiger charge is 2.28. The molecular formula is C24H28BClN2S. The largest absolute Gasteiger partial charge is 0.318 e. The fourth-order valence-corrected chi connectivity index (χ4v) is 5.86. The van der Waals surface area contributed by atoms with Crippen LogP contribution in [0.4, 0.5) is 5.69 Å². The number of nitriles is 1. The Hall–Kier alpha value is -1.96. The molecule has 2 nitrogen and oxygen atoms in total. The van der Waals surface area contributed by atoms with E-state index in [4.69, 9.17) is 11.6 Å². The van der Waals surface area contributed by atoms with Gasteiger partial charge in [-0.25, -0.2) is 5.26 Å². The molecule has 1 unspecified atom stereocenters. The summed E-state index contributed by atoms with van der Waals surface area (Å²) in [4.78, 5) is 0. The molecule has 0 bridgehead atoms. The molecule has 2 aromatic rings. The van der Waals surface area contributed by atoms with E-state index >= 15 is 0 Å². The topological polar surface area (TPSA) is 27.0 Å². The first-order valence-electron chi connectivity index (χ1n) is 10.2. The van der Waals surface area contributed by atoms with E-state index in [1.165, 1.54) is 11.1 Å². The fourth-order valence-electron chi connectivity index (χ4n) is 3.80. The van der Waals surface area contributed by atoms with E-state index in [9.17, 15) is 5.26 Å². The first kappa shape index (κ1) is 21.7. The lowest BCUT2D eigenvalue weighted by Gasteiger charge is -2.35. The number of anilines is 1. The van der Waals surface area contributed by atoms with Gasteiger partial charge in [0.2, 0.25) is 0 Å². The first-order chi connectivity index (χ1) is 14.0. The summed E-state index contributed by atoms with van der Waals surface area (Å²) in [5, 5.41) is 10.5. The third-order valence-corrected chi connectivity index (χ3v) is 8.12. The van der Waals surface area contributed by atoms with Crippen LogP contribution in [0.2, 0.25) is 17.7 Å². The highest BCUT2D eigenvalue weighted by Crippen LogP contribution is 2.40. The summed E-state index contributed by atoms with van der Waals surface area (Å²) in [6, 6.07) is 16.8. The van der Waals surface area contributed by atoms with Gasteiger partial charge in [-0.3, -0.25) is 0 Å². The highest BCUT2D eigenvalue weighted by molar-refractivity contribution is 8.15. The number of nitrogens with zero attached hydrogens (tertiary/aromatic N) is 2. The van der Waals surface area contributed by atoms with Gasteiger partial charge in [-0.1, -0.05) is 84.6 Å². The van der Waals surface area contributed by atoms with Crippen LogP contribution in [0, 0.1) is 11.2 Å². The van der Waals surface area contributed by atoms with Gasteiger partial charge in [0.05, 0.1) is 6.54 Å². The molecule has 0 N–H and O–H groups in total. The van der Waals surface area contributed by atoms with Crippen molar-refractivity contribution < 1.29 is 0 Å². The van der Waals surface area contributed by atoms with E-state index in [2.05, 4.69) is 60.0 Å². The van der Waals surface area contributed by atoms with Crippen molar-refractivity contribution in [2.45, 2.75) is 50.6 Å². The van der Waals surface area contributed by atoms with Gasteiger partial charge in [-0.2, -0.15) is 0 Å². The van der Waals surface area contributed by atoms with Crippen molar-refractivity contribution in [2.24, 2.45) is 0 Å². The van der Waals surface area contributed by atoms with E-state index < -0.39 is 0 Å². The number of hydrogen-bond donors (Lipinski definition) is 0. The van der Waals surface area contributed by atoms with E-state index in [0.29, 0.717) is 5.25 Å². The zero-order valence-electron chi connectivity index (χ0n) is 17.1. The van der Waals surface area contributed by atoms with Crippen molar-refractivity contribution >= 4 is 46.1 Å². The minimum absolute atomic E-state index is 0.189. The van der Waals surface area contributed by atoms with Gasteiger partial charge in [-0.05, 0) is 54.2 Å². The predicted octanol–water partition coefficient (Wildman–Crippen LogP) is 7.11. The Labute approximate surface area is 183 Å². The molecule has 1 atom stereocenters. The summed E-state index contributed by atoms with van der Waals surface area (Å²) >= 11 is 6.30. The third kappa shape index (κ3) is 5.56. The van der Waals surface area contributed by atoms with Gasteiger partial charge < -0.3 is 4.31 Å². The van der Waals surface area contributed by atoms with Gasteiger partial charge >= 0.3 is 0 Å². The minimum atomic E-state index is -0.189. The molecule has 1 fully saturated rings. The molecule has 1 saturated heterocycles. The SMILES string of the molecule is C=C(CC)c1ccc(CN(c2cccc(Cl)c2)S(=C)C2CCB(C#N)CC2)cc1. The summed E-state index contributed by atoms with van der Waals surface area (Å²) < 4.78 is 2.40. The Morgan fingerprint density at radius 3 is 2.52 bits per heavy atom. The van der Waals surface area contributed by atoms with Gasteiger partial charge in [0.1, 0.15) is 0 Å². The molecule has 1 aliphatic rings. The number of benzene rings is 2. The molecule has 0 amide bonds. The second kappa shape index (κ2) is 10.2. The van der Waals surface area contributed by atoms with E-state index in [0.717, 1.165) is 54.7 Å². The van der Waals surface area contributed by atoms with Crippen molar-refractivity contribution in [1.29, 1.82) is 5.26 Å². The minimum Gasteiger partial charge on any atom is -0.318 e. The molecule has 5 heteroatoms. The van der Waals surface area contributed by atoms with Crippen molar-refractivity contribution in [3.8, 4) is 5.97 Å². The summed E-state index contributed by atoms with van der Waals surface area (Å²) in [6.45, 7) is 7.27. The van der Waals surface area contributed by atoms with Gasteiger partial charge in [-0.15, -0.1) is 0 Å². The number of halogens is 1. The van der Waals surface area contributed by atoms with Gasteiger partial charge in [0.15, 0.2) is 0 Å². The lowest BCUT2D eigenvalue weighted by molar-refractivity contribution is 0.743.